The summed E-state index contributed by atoms with van der Waals surface area (Å²) in [7, 11) is -3.60. The molecule has 6 nitrogen and oxygen atoms in total. The molecule has 0 aromatic heterocycles. The van der Waals surface area contributed by atoms with E-state index >= 15 is 0 Å². The van der Waals surface area contributed by atoms with Gasteiger partial charge in [-0.1, -0.05) is 41.9 Å². The standard InChI is InChI=1S/C22H27BrN2O4S/c1-3-13-25(14-4-2)22(27)18-7-11-20(12-8-18)24-21(26)16-30(28,29)15-17-5-9-19(23)10-6-17/h5-12H,3-4,13-16H2,1-2H3,(H,24,26). The molecule has 0 atom stereocenters. The summed E-state index contributed by atoms with van der Waals surface area (Å²) in [6, 6.07) is 13.4. The lowest BCUT2D eigenvalue weighted by Crippen LogP contribution is -2.32. The fourth-order valence-electron chi connectivity index (χ4n) is 3.02. The molecule has 0 aliphatic rings. The van der Waals surface area contributed by atoms with E-state index in [4.69, 9.17) is 0 Å². The van der Waals surface area contributed by atoms with Gasteiger partial charge >= 0.3 is 0 Å². The van der Waals surface area contributed by atoms with Gasteiger partial charge in [-0.05, 0) is 54.8 Å². The van der Waals surface area contributed by atoms with Crippen LogP contribution in [0.15, 0.2) is 53.0 Å². The summed E-state index contributed by atoms with van der Waals surface area (Å²) < 4.78 is 25.5. The van der Waals surface area contributed by atoms with Gasteiger partial charge in [-0.2, -0.15) is 0 Å². The van der Waals surface area contributed by atoms with E-state index < -0.39 is 21.5 Å². The van der Waals surface area contributed by atoms with Crippen LogP contribution in [0, 0.1) is 0 Å². The number of hydrogen-bond donors (Lipinski definition) is 1. The van der Waals surface area contributed by atoms with Crippen LogP contribution in [0.1, 0.15) is 42.6 Å². The van der Waals surface area contributed by atoms with Gasteiger partial charge in [0.2, 0.25) is 5.91 Å². The predicted molar refractivity (Wildman–Crippen MR) is 123 cm³/mol. The minimum absolute atomic E-state index is 0.0475. The lowest BCUT2D eigenvalue weighted by atomic mass is 10.1. The Morgan fingerprint density at radius 3 is 2.03 bits per heavy atom. The second-order valence-electron chi connectivity index (χ2n) is 7.08. The van der Waals surface area contributed by atoms with Crippen molar-refractivity contribution in [1.82, 2.24) is 4.90 Å². The van der Waals surface area contributed by atoms with Crippen molar-refractivity contribution in [3.05, 3.63) is 64.1 Å². The molecule has 2 amide bonds. The molecule has 0 unspecified atom stereocenters. The number of hydrogen-bond acceptors (Lipinski definition) is 4. The molecule has 0 radical (unpaired) electrons. The van der Waals surface area contributed by atoms with E-state index in [9.17, 15) is 18.0 Å². The van der Waals surface area contributed by atoms with Crippen LogP contribution in [0.3, 0.4) is 0 Å². The number of nitrogens with one attached hydrogen (secondary N) is 1. The van der Waals surface area contributed by atoms with Crippen molar-refractivity contribution in [2.24, 2.45) is 0 Å². The molecule has 0 bridgehead atoms. The molecule has 0 fully saturated rings. The smallest absolute Gasteiger partial charge is 0.253 e. The predicted octanol–water partition coefficient (Wildman–Crippen LogP) is 4.26. The molecule has 1 N–H and O–H groups in total. The molecule has 0 aliphatic carbocycles. The van der Waals surface area contributed by atoms with Crippen LogP contribution in [0.4, 0.5) is 5.69 Å². The number of anilines is 1. The third kappa shape index (κ3) is 7.57. The largest absolute Gasteiger partial charge is 0.339 e. The van der Waals surface area contributed by atoms with E-state index in [2.05, 4.69) is 21.2 Å². The van der Waals surface area contributed by atoms with Gasteiger partial charge in [-0.15, -0.1) is 0 Å². The lowest BCUT2D eigenvalue weighted by Gasteiger charge is -2.21. The highest BCUT2D eigenvalue weighted by Crippen LogP contribution is 2.15. The number of nitrogens with zero attached hydrogens (tertiary/aromatic N) is 1. The van der Waals surface area contributed by atoms with Crippen molar-refractivity contribution in [3.8, 4) is 0 Å². The third-order valence-electron chi connectivity index (χ3n) is 4.34. The van der Waals surface area contributed by atoms with E-state index in [1.54, 1.807) is 48.5 Å². The Labute approximate surface area is 186 Å². The summed E-state index contributed by atoms with van der Waals surface area (Å²) in [5.41, 5.74) is 1.61. The maximum absolute atomic E-state index is 12.6. The van der Waals surface area contributed by atoms with E-state index in [0.717, 1.165) is 17.3 Å². The maximum Gasteiger partial charge on any atom is 0.253 e. The Balaban J connectivity index is 1.96. The molecule has 0 aliphatic heterocycles. The van der Waals surface area contributed by atoms with Crippen molar-refractivity contribution < 1.29 is 18.0 Å². The van der Waals surface area contributed by atoms with Crippen LogP contribution in [0.2, 0.25) is 0 Å². The normalized spacial score (nSPS) is 11.2. The maximum atomic E-state index is 12.6. The number of benzene rings is 2. The molecule has 2 aromatic carbocycles. The van der Waals surface area contributed by atoms with Crippen LogP contribution in [0.5, 0.6) is 0 Å². The number of halogens is 1. The van der Waals surface area contributed by atoms with Crippen molar-refractivity contribution in [3.63, 3.8) is 0 Å². The number of rotatable bonds is 10. The minimum atomic E-state index is -3.60. The molecule has 30 heavy (non-hydrogen) atoms. The molecule has 2 rings (SSSR count). The van der Waals surface area contributed by atoms with Gasteiger partial charge < -0.3 is 10.2 Å². The molecule has 0 heterocycles. The SMILES string of the molecule is CCCN(CCC)C(=O)c1ccc(NC(=O)CS(=O)(=O)Cc2ccc(Br)cc2)cc1. The van der Waals surface area contributed by atoms with Crippen molar-refractivity contribution in [2.45, 2.75) is 32.4 Å². The first-order chi connectivity index (χ1) is 14.2. The molecule has 2 aromatic rings. The molecular formula is C22H27BrN2O4S. The molecular weight excluding hydrogens is 468 g/mol. The second kappa shape index (κ2) is 11.3. The van der Waals surface area contributed by atoms with Crippen molar-refractivity contribution in [2.75, 3.05) is 24.2 Å². The van der Waals surface area contributed by atoms with Gasteiger partial charge in [0.25, 0.3) is 5.91 Å². The van der Waals surface area contributed by atoms with Crippen LogP contribution >= 0.6 is 15.9 Å². The summed E-state index contributed by atoms with van der Waals surface area (Å²) in [5, 5.41) is 2.59. The zero-order valence-corrected chi connectivity index (χ0v) is 19.6. The monoisotopic (exact) mass is 494 g/mol. The summed E-state index contributed by atoms with van der Waals surface area (Å²) in [6.45, 7) is 5.45. The fourth-order valence-corrected chi connectivity index (χ4v) is 4.55. The topological polar surface area (TPSA) is 83.6 Å². The van der Waals surface area contributed by atoms with Crippen molar-refractivity contribution in [1.29, 1.82) is 0 Å². The summed E-state index contributed by atoms with van der Waals surface area (Å²) in [5.74, 6) is -1.46. The first-order valence-corrected chi connectivity index (χ1v) is 12.5. The Morgan fingerprint density at radius 2 is 1.50 bits per heavy atom. The highest BCUT2D eigenvalue weighted by atomic mass is 79.9. The zero-order valence-electron chi connectivity index (χ0n) is 17.2. The van der Waals surface area contributed by atoms with E-state index in [1.807, 2.05) is 18.7 Å². The minimum Gasteiger partial charge on any atom is -0.339 e. The highest BCUT2D eigenvalue weighted by Gasteiger charge is 2.18. The Morgan fingerprint density at radius 1 is 0.933 bits per heavy atom. The fraction of sp³-hybridized carbons (Fsp3) is 0.364. The average Bonchev–Trinajstić information content (AvgIpc) is 2.69. The molecule has 0 spiro atoms. The van der Waals surface area contributed by atoms with Crippen molar-refractivity contribution >= 4 is 43.3 Å². The van der Waals surface area contributed by atoms with Gasteiger partial charge in [-0.25, -0.2) is 8.42 Å². The average molecular weight is 495 g/mol. The highest BCUT2D eigenvalue weighted by molar-refractivity contribution is 9.10. The zero-order chi connectivity index (χ0) is 22.1. The molecule has 0 saturated carbocycles. The van der Waals surface area contributed by atoms with Crippen LogP contribution in [-0.2, 0) is 20.4 Å². The van der Waals surface area contributed by atoms with Gasteiger partial charge in [0.1, 0.15) is 5.75 Å². The second-order valence-corrected chi connectivity index (χ2v) is 10.1. The van der Waals surface area contributed by atoms with E-state index in [0.29, 0.717) is 29.9 Å². The first-order valence-electron chi connectivity index (χ1n) is 9.88. The lowest BCUT2D eigenvalue weighted by molar-refractivity contribution is -0.113. The molecule has 162 valence electrons. The van der Waals surface area contributed by atoms with Gasteiger partial charge in [-0.3, -0.25) is 9.59 Å². The Hall–Kier alpha value is -2.19. The Bertz CT molecular complexity index is 952. The first kappa shape index (κ1) is 24.1. The molecule has 8 heteroatoms. The van der Waals surface area contributed by atoms with E-state index in [1.165, 1.54) is 0 Å². The number of carbonyl (C=O) groups is 2. The number of amides is 2. The van der Waals surface area contributed by atoms with Gasteiger partial charge in [0, 0.05) is 28.8 Å². The van der Waals surface area contributed by atoms with Gasteiger partial charge in [0.05, 0.1) is 5.75 Å². The van der Waals surface area contributed by atoms with Crippen LogP contribution < -0.4 is 5.32 Å². The number of sulfone groups is 1. The van der Waals surface area contributed by atoms with Gasteiger partial charge in [0.15, 0.2) is 9.84 Å². The summed E-state index contributed by atoms with van der Waals surface area (Å²) in [4.78, 5) is 26.6. The Kier molecular flexibility index (Phi) is 9.05. The quantitative estimate of drug-likeness (QED) is 0.534. The third-order valence-corrected chi connectivity index (χ3v) is 6.34. The van der Waals surface area contributed by atoms with E-state index in [-0.39, 0.29) is 11.7 Å². The number of carbonyl (C=O) groups excluding carboxylic acids is 2. The van der Waals surface area contributed by atoms with Crippen LogP contribution in [-0.4, -0.2) is 44.0 Å². The molecule has 0 saturated heterocycles. The summed E-state index contributed by atoms with van der Waals surface area (Å²) in [6.07, 6.45) is 1.77. The van der Waals surface area contributed by atoms with Crippen LogP contribution in [0.25, 0.3) is 0 Å². The summed E-state index contributed by atoms with van der Waals surface area (Å²) >= 11 is 3.30.